The fraction of sp³-hybridized carbons (Fsp3) is 0.357. The highest BCUT2D eigenvalue weighted by molar-refractivity contribution is 6.17. The molecule has 114 valence electrons. The van der Waals surface area contributed by atoms with E-state index in [-0.39, 0.29) is 6.61 Å². The summed E-state index contributed by atoms with van der Waals surface area (Å²) in [5, 5.41) is 9.02. The number of ether oxygens (including phenoxy) is 2. The number of H-pyrrole nitrogens is 1. The van der Waals surface area contributed by atoms with E-state index in [0.717, 1.165) is 13.2 Å². The lowest BCUT2D eigenvalue weighted by atomic mass is 10.1. The van der Waals surface area contributed by atoms with Crippen molar-refractivity contribution >= 4 is 24.0 Å². The number of aryl methyl sites for hydroxylation is 1. The summed E-state index contributed by atoms with van der Waals surface area (Å²) >= 11 is 0. The first-order valence-corrected chi connectivity index (χ1v) is 6.23. The van der Waals surface area contributed by atoms with Crippen LogP contribution in [-0.2, 0) is 19.1 Å². The van der Waals surface area contributed by atoms with Crippen LogP contribution in [0.4, 0.5) is 0 Å². The van der Waals surface area contributed by atoms with Crippen LogP contribution in [0.5, 0.6) is 0 Å². The SMILES string of the molecule is CCOC(=O)c1c(C)[nH]c(/C=C(/C(=O)O)C(=O)OC)c1C. The number of aliphatic carboxylic acids is 1. The van der Waals surface area contributed by atoms with Crippen LogP contribution in [0.2, 0.25) is 0 Å². The lowest BCUT2D eigenvalue weighted by molar-refractivity contribution is -0.142. The first kappa shape index (κ1) is 16.5. The van der Waals surface area contributed by atoms with Crippen molar-refractivity contribution in [3.8, 4) is 0 Å². The Morgan fingerprint density at radius 1 is 1.29 bits per heavy atom. The molecule has 1 aromatic heterocycles. The van der Waals surface area contributed by atoms with Crippen molar-refractivity contribution in [3.05, 3.63) is 28.1 Å². The molecule has 0 aromatic carbocycles. The number of carbonyl (C=O) groups excluding carboxylic acids is 2. The lowest BCUT2D eigenvalue weighted by Crippen LogP contribution is -2.13. The van der Waals surface area contributed by atoms with Gasteiger partial charge in [0.25, 0.3) is 0 Å². The molecule has 0 atom stereocenters. The molecular weight excluding hydrogens is 278 g/mol. The molecule has 1 heterocycles. The van der Waals surface area contributed by atoms with Gasteiger partial charge in [0.2, 0.25) is 0 Å². The summed E-state index contributed by atoms with van der Waals surface area (Å²) in [7, 11) is 1.09. The van der Waals surface area contributed by atoms with E-state index in [0.29, 0.717) is 22.5 Å². The van der Waals surface area contributed by atoms with E-state index < -0.39 is 23.5 Å². The minimum Gasteiger partial charge on any atom is -0.477 e. The topological polar surface area (TPSA) is 106 Å². The fourth-order valence-electron chi connectivity index (χ4n) is 1.89. The molecule has 0 saturated heterocycles. The number of nitrogens with one attached hydrogen (secondary N) is 1. The van der Waals surface area contributed by atoms with E-state index >= 15 is 0 Å². The van der Waals surface area contributed by atoms with Crippen molar-refractivity contribution in [2.45, 2.75) is 20.8 Å². The molecule has 21 heavy (non-hydrogen) atoms. The molecule has 7 heteroatoms. The van der Waals surface area contributed by atoms with Crippen LogP contribution in [0, 0.1) is 13.8 Å². The zero-order chi connectivity index (χ0) is 16.2. The molecule has 0 fully saturated rings. The normalized spacial score (nSPS) is 11.1. The number of rotatable bonds is 5. The Hall–Kier alpha value is -2.57. The largest absolute Gasteiger partial charge is 0.477 e. The standard InChI is InChI=1S/C14H17NO6/c1-5-21-14(19)11-7(2)10(15-8(11)3)6-9(12(16)17)13(18)20-4/h6,15H,5H2,1-4H3,(H,16,17)/b9-6-. The second kappa shape index (κ2) is 6.74. The van der Waals surface area contributed by atoms with Gasteiger partial charge in [0.1, 0.15) is 5.57 Å². The van der Waals surface area contributed by atoms with Gasteiger partial charge < -0.3 is 19.6 Å². The van der Waals surface area contributed by atoms with Crippen molar-refractivity contribution in [1.82, 2.24) is 4.98 Å². The molecule has 1 aromatic rings. The maximum atomic E-state index is 11.8. The highest BCUT2D eigenvalue weighted by atomic mass is 16.5. The third-order valence-corrected chi connectivity index (χ3v) is 2.88. The Balaban J connectivity index is 3.33. The third-order valence-electron chi connectivity index (χ3n) is 2.88. The maximum Gasteiger partial charge on any atom is 0.345 e. The van der Waals surface area contributed by atoms with Gasteiger partial charge in [-0.25, -0.2) is 14.4 Å². The fourth-order valence-corrected chi connectivity index (χ4v) is 1.89. The molecule has 7 nitrogen and oxygen atoms in total. The van der Waals surface area contributed by atoms with Crippen molar-refractivity contribution in [2.24, 2.45) is 0 Å². The minimum atomic E-state index is -1.41. The summed E-state index contributed by atoms with van der Waals surface area (Å²) in [5.74, 6) is -2.88. The number of methoxy groups -OCH3 is 1. The Kier molecular flexibility index (Phi) is 5.29. The smallest absolute Gasteiger partial charge is 0.345 e. The highest BCUT2D eigenvalue weighted by Gasteiger charge is 2.22. The summed E-state index contributed by atoms with van der Waals surface area (Å²) in [6, 6.07) is 0. The van der Waals surface area contributed by atoms with Crippen molar-refractivity contribution < 1.29 is 29.0 Å². The first-order valence-electron chi connectivity index (χ1n) is 6.23. The molecule has 0 aliphatic carbocycles. The van der Waals surface area contributed by atoms with Gasteiger partial charge in [0.15, 0.2) is 0 Å². The third kappa shape index (κ3) is 3.50. The van der Waals surface area contributed by atoms with E-state index in [2.05, 4.69) is 9.72 Å². The van der Waals surface area contributed by atoms with E-state index in [1.807, 2.05) is 0 Å². The van der Waals surface area contributed by atoms with Crippen LogP contribution < -0.4 is 0 Å². The molecular formula is C14H17NO6. The van der Waals surface area contributed by atoms with Crippen molar-refractivity contribution in [2.75, 3.05) is 13.7 Å². The molecule has 0 saturated carbocycles. The Morgan fingerprint density at radius 2 is 1.90 bits per heavy atom. The average molecular weight is 295 g/mol. The van der Waals surface area contributed by atoms with Gasteiger partial charge in [0, 0.05) is 11.4 Å². The van der Waals surface area contributed by atoms with Crippen molar-refractivity contribution in [3.63, 3.8) is 0 Å². The average Bonchev–Trinajstić information content (AvgIpc) is 2.69. The number of carboxylic acids is 1. The van der Waals surface area contributed by atoms with Crippen LogP contribution in [0.15, 0.2) is 5.57 Å². The van der Waals surface area contributed by atoms with E-state index in [1.54, 1.807) is 20.8 Å². The van der Waals surface area contributed by atoms with Crippen LogP contribution in [-0.4, -0.2) is 41.7 Å². The van der Waals surface area contributed by atoms with Crippen LogP contribution in [0.25, 0.3) is 6.08 Å². The van der Waals surface area contributed by atoms with Gasteiger partial charge >= 0.3 is 17.9 Å². The van der Waals surface area contributed by atoms with E-state index in [4.69, 9.17) is 9.84 Å². The summed E-state index contributed by atoms with van der Waals surface area (Å²) < 4.78 is 9.35. The first-order chi connectivity index (χ1) is 9.83. The molecule has 0 amide bonds. The Morgan fingerprint density at radius 3 is 2.38 bits per heavy atom. The van der Waals surface area contributed by atoms with Crippen LogP contribution >= 0.6 is 0 Å². The Bertz CT molecular complexity index is 611. The number of hydrogen-bond acceptors (Lipinski definition) is 5. The predicted octanol–water partition coefficient (Wildman–Crippen LogP) is 1.45. The van der Waals surface area contributed by atoms with Gasteiger partial charge in [-0.15, -0.1) is 0 Å². The number of carbonyl (C=O) groups is 3. The Labute approximate surface area is 121 Å². The molecule has 0 unspecified atom stereocenters. The van der Waals surface area contributed by atoms with Crippen LogP contribution in [0.3, 0.4) is 0 Å². The number of aromatic amines is 1. The van der Waals surface area contributed by atoms with Gasteiger partial charge in [-0.2, -0.15) is 0 Å². The van der Waals surface area contributed by atoms with Gasteiger partial charge in [-0.05, 0) is 32.4 Å². The molecule has 0 radical (unpaired) electrons. The summed E-state index contributed by atoms with van der Waals surface area (Å²) in [4.78, 5) is 37.2. The van der Waals surface area contributed by atoms with Crippen LogP contribution in [0.1, 0.15) is 34.2 Å². The molecule has 1 rings (SSSR count). The minimum absolute atomic E-state index is 0.233. The summed E-state index contributed by atoms with van der Waals surface area (Å²) in [6.45, 7) is 5.22. The zero-order valence-electron chi connectivity index (χ0n) is 12.3. The number of esters is 2. The number of hydrogen-bond donors (Lipinski definition) is 2. The monoisotopic (exact) mass is 295 g/mol. The van der Waals surface area contributed by atoms with Crippen molar-refractivity contribution in [1.29, 1.82) is 0 Å². The van der Waals surface area contributed by atoms with E-state index in [9.17, 15) is 14.4 Å². The molecule has 0 bridgehead atoms. The second-order valence-electron chi connectivity index (χ2n) is 4.24. The highest BCUT2D eigenvalue weighted by Crippen LogP contribution is 2.21. The second-order valence-corrected chi connectivity index (χ2v) is 4.24. The number of aromatic nitrogens is 1. The molecule has 2 N–H and O–H groups in total. The van der Waals surface area contributed by atoms with Gasteiger partial charge in [-0.1, -0.05) is 0 Å². The summed E-state index contributed by atoms with van der Waals surface area (Å²) in [6.07, 6.45) is 1.14. The van der Waals surface area contributed by atoms with E-state index in [1.165, 1.54) is 0 Å². The lowest BCUT2D eigenvalue weighted by Gasteiger charge is -2.02. The van der Waals surface area contributed by atoms with Gasteiger partial charge in [-0.3, -0.25) is 0 Å². The quantitative estimate of drug-likeness (QED) is 0.368. The van der Waals surface area contributed by atoms with Gasteiger partial charge in [0.05, 0.1) is 19.3 Å². The maximum absolute atomic E-state index is 11.8. The number of carboxylic acid groups (broad SMARTS) is 1. The molecule has 0 spiro atoms. The summed E-state index contributed by atoms with van der Waals surface area (Å²) in [5.41, 5.74) is 1.19. The molecule has 0 aliphatic rings. The molecule has 0 aliphatic heterocycles. The zero-order valence-corrected chi connectivity index (χ0v) is 12.3. The predicted molar refractivity (Wildman–Crippen MR) is 73.9 cm³/mol.